The minimum Gasteiger partial charge on any atom is -0.310 e. The van der Waals surface area contributed by atoms with Gasteiger partial charge in [-0.25, -0.2) is 0 Å². The van der Waals surface area contributed by atoms with Crippen LogP contribution in [-0.2, 0) is 0 Å². The number of hydrogen-bond donors (Lipinski definition) is 0. The Morgan fingerprint density at radius 1 is 0.228 bits per heavy atom. The predicted molar refractivity (Wildman–Crippen MR) is 243 cm³/mol. The van der Waals surface area contributed by atoms with Crippen LogP contribution in [0.2, 0.25) is 0 Å². The minimum atomic E-state index is 1.09. The van der Waals surface area contributed by atoms with Crippen molar-refractivity contribution in [2.75, 3.05) is 4.90 Å². The highest BCUT2D eigenvalue weighted by molar-refractivity contribution is 6.14. The monoisotopic (exact) mass is 725 g/mol. The van der Waals surface area contributed by atoms with Crippen molar-refractivity contribution >= 4 is 38.6 Å². The highest BCUT2D eigenvalue weighted by Crippen LogP contribution is 2.45. The van der Waals surface area contributed by atoms with E-state index < -0.39 is 0 Å². The van der Waals surface area contributed by atoms with Crippen LogP contribution in [0.15, 0.2) is 237 Å². The SMILES string of the molecule is c1ccc(-c2ccc(N(c3cccc(-c4cc5ccccc5c5ccccc45)c3)c3ccccc3-c3cc(-c4ccccc4)cc(-c4ccccc4)c3)cc2)cc1. The second-order valence-electron chi connectivity index (χ2n) is 14.5. The fourth-order valence-electron chi connectivity index (χ4n) is 8.26. The second kappa shape index (κ2) is 15.0. The number of fused-ring (bicyclic) bond motifs is 3. The lowest BCUT2D eigenvalue weighted by Crippen LogP contribution is -2.11. The molecule has 0 saturated heterocycles. The highest BCUT2D eigenvalue weighted by atomic mass is 15.1. The van der Waals surface area contributed by atoms with E-state index in [2.05, 4.69) is 241 Å². The Morgan fingerprint density at radius 2 is 0.719 bits per heavy atom. The van der Waals surface area contributed by atoms with Crippen LogP contribution in [0.5, 0.6) is 0 Å². The fraction of sp³-hybridized carbons (Fsp3) is 0. The van der Waals surface area contributed by atoms with Crippen molar-refractivity contribution in [2.45, 2.75) is 0 Å². The molecule has 0 aliphatic carbocycles. The molecule has 57 heavy (non-hydrogen) atoms. The molecule has 0 atom stereocenters. The van der Waals surface area contributed by atoms with E-state index in [9.17, 15) is 0 Å². The Kier molecular flexibility index (Phi) is 8.95. The number of para-hydroxylation sites is 1. The van der Waals surface area contributed by atoms with E-state index in [0.29, 0.717) is 0 Å². The second-order valence-corrected chi connectivity index (χ2v) is 14.5. The van der Waals surface area contributed by atoms with Gasteiger partial charge in [0.05, 0.1) is 5.69 Å². The Bertz CT molecular complexity index is 2930. The zero-order chi connectivity index (χ0) is 38.0. The summed E-state index contributed by atoms with van der Waals surface area (Å²) in [6.07, 6.45) is 0. The van der Waals surface area contributed by atoms with Gasteiger partial charge in [-0.05, 0) is 126 Å². The van der Waals surface area contributed by atoms with E-state index >= 15 is 0 Å². The topological polar surface area (TPSA) is 3.24 Å². The Labute approximate surface area is 334 Å². The third kappa shape index (κ3) is 6.66. The third-order valence-electron chi connectivity index (χ3n) is 11.0. The van der Waals surface area contributed by atoms with Gasteiger partial charge in [0.1, 0.15) is 0 Å². The van der Waals surface area contributed by atoms with Crippen molar-refractivity contribution in [2.24, 2.45) is 0 Å². The molecule has 10 aromatic carbocycles. The summed E-state index contributed by atoms with van der Waals surface area (Å²) < 4.78 is 0. The van der Waals surface area contributed by atoms with Crippen molar-refractivity contribution in [1.29, 1.82) is 0 Å². The van der Waals surface area contributed by atoms with E-state index in [0.717, 1.165) is 28.2 Å². The van der Waals surface area contributed by atoms with E-state index in [1.165, 1.54) is 66.1 Å². The molecule has 0 N–H and O–H groups in total. The lowest BCUT2D eigenvalue weighted by molar-refractivity contribution is 1.28. The van der Waals surface area contributed by atoms with Crippen LogP contribution in [0.4, 0.5) is 17.1 Å². The molecule has 10 rings (SSSR count). The van der Waals surface area contributed by atoms with Crippen LogP contribution >= 0.6 is 0 Å². The highest BCUT2D eigenvalue weighted by Gasteiger charge is 2.20. The first-order valence-corrected chi connectivity index (χ1v) is 19.6. The average molecular weight is 726 g/mol. The summed E-state index contributed by atoms with van der Waals surface area (Å²) >= 11 is 0. The number of rotatable bonds is 8. The fourth-order valence-corrected chi connectivity index (χ4v) is 8.26. The number of nitrogens with zero attached hydrogens (tertiary/aromatic N) is 1. The average Bonchev–Trinajstić information content (AvgIpc) is 3.30. The normalized spacial score (nSPS) is 11.2. The molecule has 1 nitrogen and oxygen atoms in total. The first-order valence-electron chi connectivity index (χ1n) is 19.6. The molecular weight excluding hydrogens is 687 g/mol. The molecule has 0 unspecified atom stereocenters. The van der Waals surface area contributed by atoms with Gasteiger partial charge in [0.2, 0.25) is 0 Å². The summed E-state index contributed by atoms with van der Waals surface area (Å²) in [7, 11) is 0. The molecule has 0 aliphatic rings. The summed E-state index contributed by atoms with van der Waals surface area (Å²) in [5, 5.41) is 5.03. The summed E-state index contributed by atoms with van der Waals surface area (Å²) in [5.41, 5.74) is 15.1. The predicted octanol–water partition coefficient (Wildman–Crippen LogP) is 15.8. The van der Waals surface area contributed by atoms with Gasteiger partial charge in [0.25, 0.3) is 0 Å². The molecule has 268 valence electrons. The summed E-state index contributed by atoms with van der Waals surface area (Å²) in [5.74, 6) is 0. The number of benzene rings is 10. The summed E-state index contributed by atoms with van der Waals surface area (Å²) in [4.78, 5) is 2.42. The van der Waals surface area contributed by atoms with Crippen molar-refractivity contribution in [3.63, 3.8) is 0 Å². The Morgan fingerprint density at radius 3 is 1.39 bits per heavy atom. The quantitative estimate of drug-likeness (QED) is 0.141. The molecular formula is C56H39N. The Hall–Kier alpha value is -7.48. The molecule has 0 radical (unpaired) electrons. The van der Waals surface area contributed by atoms with Crippen LogP contribution in [0.25, 0.3) is 77.2 Å². The van der Waals surface area contributed by atoms with E-state index in [1.54, 1.807) is 0 Å². The van der Waals surface area contributed by atoms with Crippen LogP contribution in [0.1, 0.15) is 0 Å². The van der Waals surface area contributed by atoms with E-state index in [4.69, 9.17) is 0 Å². The minimum absolute atomic E-state index is 1.09. The van der Waals surface area contributed by atoms with Crippen LogP contribution in [0, 0.1) is 0 Å². The molecule has 0 spiro atoms. The van der Waals surface area contributed by atoms with Gasteiger partial charge in [0.15, 0.2) is 0 Å². The molecule has 0 amide bonds. The third-order valence-corrected chi connectivity index (χ3v) is 11.0. The van der Waals surface area contributed by atoms with Crippen molar-refractivity contribution in [3.8, 4) is 55.6 Å². The summed E-state index contributed by atoms with van der Waals surface area (Å²) in [6, 6.07) is 85.7. The molecule has 0 fully saturated rings. The molecule has 0 bridgehead atoms. The van der Waals surface area contributed by atoms with Gasteiger partial charge >= 0.3 is 0 Å². The molecule has 0 aromatic heterocycles. The van der Waals surface area contributed by atoms with Gasteiger partial charge in [0, 0.05) is 16.9 Å². The molecule has 10 aromatic rings. The largest absolute Gasteiger partial charge is 0.310 e. The standard InChI is InChI=1S/C56H39N/c1-4-17-40(18-5-1)43-31-33-49(34-32-43)57(50-25-16-24-44(38-50)55-39-45-23-10-11-26-51(45)53-28-12-13-29-54(53)55)56-30-15-14-27-52(56)48-36-46(41-19-6-2-7-20-41)35-47(37-48)42-21-8-3-9-22-42/h1-39H. The first-order chi connectivity index (χ1) is 28.3. The zero-order valence-electron chi connectivity index (χ0n) is 31.5. The Balaban J connectivity index is 1.18. The zero-order valence-corrected chi connectivity index (χ0v) is 31.5. The molecule has 1 heteroatoms. The van der Waals surface area contributed by atoms with Crippen LogP contribution in [0.3, 0.4) is 0 Å². The van der Waals surface area contributed by atoms with Crippen molar-refractivity contribution in [3.05, 3.63) is 237 Å². The number of anilines is 3. The molecule has 0 aliphatic heterocycles. The van der Waals surface area contributed by atoms with E-state index in [-0.39, 0.29) is 0 Å². The number of hydrogen-bond acceptors (Lipinski definition) is 1. The van der Waals surface area contributed by atoms with Gasteiger partial charge in [-0.3, -0.25) is 0 Å². The lowest BCUT2D eigenvalue weighted by Gasteiger charge is -2.29. The lowest BCUT2D eigenvalue weighted by atomic mass is 9.92. The van der Waals surface area contributed by atoms with Gasteiger partial charge in [-0.1, -0.05) is 182 Å². The maximum absolute atomic E-state index is 2.42. The smallest absolute Gasteiger partial charge is 0.0540 e. The maximum atomic E-state index is 2.42. The first kappa shape index (κ1) is 34.0. The van der Waals surface area contributed by atoms with Gasteiger partial charge < -0.3 is 4.90 Å². The van der Waals surface area contributed by atoms with Gasteiger partial charge in [-0.2, -0.15) is 0 Å². The molecule has 0 heterocycles. The van der Waals surface area contributed by atoms with Crippen LogP contribution < -0.4 is 4.90 Å². The van der Waals surface area contributed by atoms with Crippen molar-refractivity contribution in [1.82, 2.24) is 0 Å². The van der Waals surface area contributed by atoms with Crippen molar-refractivity contribution < 1.29 is 0 Å². The van der Waals surface area contributed by atoms with Gasteiger partial charge in [-0.15, -0.1) is 0 Å². The van der Waals surface area contributed by atoms with Crippen LogP contribution in [-0.4, -0.2) is 0 Å². The maximum Gasteiger partial charge on any atom is 0.0540 e. The molecule has 0 saturated carbocycles. The summed E-state index contributed by atoms with van der Waals surface area (Å²) in [6.45, 7) is 0. The van der Waals surface area contributed by atoms with E-state index in [1.807, 2.05) is 0 Å².